The summed E-state index contributed by atoms with van der Waals surface area (Å²) in [6, 6.07) is 7.90. The van der Waals surface area contributed by atoms with Gasteiger partial charge in [-0.3, -0.25) is 9.59 Å². The average Bonchev–Trinajstić information content (AvgIpc) is 2.83. The molecule has 6 nitrogen and oxygen atoms in total. The minimum Gasteiger partial charge on any atom is -0.491 e. The van der Waals surface area contributed by atoms with Crippen molar-refractivity contribution in [3.63, 3.8) is 0 Å². The maximum absolute atomic E-state index is 12.8. The van der Waals surface area contributed by atoms with Crippen molar-refractivity contribution < 1.29 is 14.3 Å². The molecule has 1 fully saturated rings. The number of halogens is 1. The Kier molecular flexibility index (Phi) is 9.60. The van der Waals surface area contributed by atoms with Gasteiger partial charge in [-0.05, 0) is 30.9 Å². The molecule has 2 atom stereocenters. The van der Waals surface area contributed by atoms with E-state index in [0.717, 1.165) is 24.2 Å². The van der Waals surface area contributed by atoms with E-state index in [0.29, 0.717) is 32.7 Å². The molecule has 1 aliphatic heterocycles. The van der Waals surface area contributed by atoms with Crippen LogP contribution in [0.1, 0.15) is 32.3 Å². The minimum atomic E-state index is -0.194. The molecule has 1 heterocycles. The molecule has 0 aliphatic carbocycles. The van der Waals surface area contributed by atoms with Crippen LogP contribution in [-0.4, -0.2) is 60.9 Å². The van der Waals surface area contributed by atoms with Crippen LogP contribution in [0.4, 0.5) is 0 Å². The number of likely N-dealkylation sites (tertiary alicyclic amines) is 1. The van der Waals surface area contributed by atoms with E-state index in [1.165, 1.54) is 6.92 Å². The van der Waals surface area contributed by atoms with Crippen molar-refractivity contribution >= 4 is 24.2 Å². The fourth-order valence-electron chi connectivity index (χ4n) is 3.33. The Morgan fingerprint density at radius 3 is 2.63 bits per heavy atom. The van der Waals surface area contributed by atoms with Gasteiger partial charge in [0, 0.05) is 33.1 Å². The topological polar surface area (TPSA) is 75.9 Å². The highest BCUT2D eigenvalue weighted by molar-refractivity contribution is 5.85. The van der Waals surface area contributed by atoms with Crippen LogP contribution in [0.3, 0.4) is 0 Å². The molecule has 0 aromatic heterocycles. The second-order valence-corrected chi connectivity index (χ2v) is 7.03. The molecule has 2 amide bonds. The lowest BCUT2D eigenvalue weighted by molar-refractivity contribution is -0.137. The third-order valence-corrected chi connectivity index (χ3v) is 4.99. The molecule has 1 saturated heterocycles. The van der Waals surface area contributed by atoms with Crippen molar-refractivity contribution in [2.75, 3.05) is 33.3 Å². The summed E-state index contributed by atoms with van der Waals surface area (Å²) in [5.41, 5.74) is 7.20. The number of para-hydroxylation sites is 1. The summed E-state index contributed by atoms with van der Waals surface area (Å²) < 4.78 is 5.86. The van der Waals surface area contributed by atoms with E-state index < -0.39 is 0 Å². The van der Waals surface area contributed by atoms with Gasteiger partial charge in [0.1, 0.15) is 12.4 Å². The van der Waals surface area contributed by atoms with Gasteiger partial charge in [-0.25, -0.2) is 0 Å². The van der Waals surface area contributed by atoms with Gasteiger partial charge >= 0.3 is 0 Å². The Morgan fingerprint density at radius 1 is 1.26 bits per heavy atom. The summed E-state index contributed by atoms with van der Waals surface area (Å²) in [6.45, 7) is 5.56. The smallest absolute Gasteiger partial charge is 0.227 e. The maximum atomic E-state index is 12.8. The van der Waals surface area contributed by atoms with Gasteiger partial charge in [0.05, 0.1) is 12.5 Å². The van der Waals surface area contributed by atoms with Crippen LogP contribution in [0.25, 0.3) is 0 Å². The molecular formula is C20H32ClN3O3. The molecule has 152 valence electrons. The maximum Gasteiger partial charge on any atom is 0.227 e. The summed E-state index contributed by atoms with van der Waals surface area (Å²) >= 11 is 0. The standard InChI is InChI=1S/C20H31N3O3.ClH/c1-4-16-7-5-6-8-19(16)26-12-11-22(3)20(25)17-9-10-18(21)14-23(13-17)15(2)24;/h5-8,17-18H,4,9-14,21H2,1-3H3;1H/t17-,18+;/m1./s1. The van der Waals surface area contributed by atoms with E-state index in [1.54, 1.807) is 16.8 Å². The van der Waals surface area contributed by atoms with E-state index in [4.69, 9.17) is 10.5 Å². The number of benzene rings is 1. The third kappa shape index (κ3) is 6.70. The monoisotopic (exact) mass is 397 g/mol. The first kappa shape index (κ1) is 23.2. The fourth-order valence-corrected chi connectivity index (χ4v) is 3.33. The molecule has 1 aliphatic rings. The summed E-state index contributed by atoms with van der Waals surface area (Å²) in [6.07, 6.45) is 2.39. The Bertz CT molecular complexity index is 626. The van der Waals surface area contributed by atoms with Gasteiger partial charge in [0.25, 0.3) is 0 Å². The quantitative estimate of drug-likeness (QED) is 0.797. The van der Waals surface area contributed by atoms with Gasteiger partial charge in [-0.15, -0.1) is 12.4 Å². The predicted molar refractivity (Wildman–Crippen MR) is 109 cm³/mol. The first-order valence-electron chi connectivity index (χ1n) is 9.39. The number of hydrogen-bond donors (Lipinski definition) is 1. The molecule has 2 N–H and O–H groups in total. The van der Waals surface area contributed by atoms with E-state index in [-0.39, 0.29) is 36.2 Å². The second kappa shape index (κ2) is 11.1. The van der Waals surface area contributed by atoms with Crippen LogP contribution >= 0.6 is 12.4 Å². The fraction of sp³-hybridized carbons (Fsp3) is 0.600. The molecule has 0 radical (unpaired) electrons. The molecule has 0 unspecified atom stereocenters. The molecule has 27 heavy (non-hydrogen) atoms. The van der Waals surface area contributed by atoms with Gasteiger partial charge in [0.2, 0.25) is 11.8 Å². The number of ether oxygens (including phenoxy) is 1. The summed E-state index contributed by atoms with van der Waals surface area (Å²) in [7, 11) is 1.79. The van der Waals surface area contributed by atoms with E-state index in [9.17, 15) is 9.59 Å². The molecule has 1 aromatic rings. The summed E-state index contributed by atoms with van der Waals surface area (Å²) in [5.74, 6) is 0.708. The zero-order valence-corrected chi connectivity index (χ0v) is 17.3. The number of likely N-dealkylation sites (N-methyl/N-ethyl adjacent to an activating group) is 1. The van der Waals surface area contributed by atoms with Crippen molar-refractivity contribution in [1.29, 1.82) is 0 Å². The zero-order chi connectivity index (χ0) is 19.1. The van der Waals surface area contributed by atoms with E-state index >= 15 is 0 Å². The molecule has 0 spiro atoms. The summed E-state index contributed by atoms with van der Waals surface area (Å²) in [4.78, 5) is 27.9. The normalized spacial score (nSPS) is 19.6. The zero-order valence-electron chi connectivity index (χ0n) is 16.5. The number of carbonyl (C=O) groups is 2. The highest BCUT2D eigenvalue weighted by Crippen LogP contribution is 2.20. The first-order chi connectivity index (χ1) is 12.4. The van der Waals surface area contributed by atoms with Crippen molar-refractivity contribution in [2.45, 2.75) is 39.2 Å². The van der Waals surface area contributed by atoms with E-state index in [2.05, 4.69) is 13.0 Å². The molecule has 2 rings (SSSR count). The number of aryl methyl sites for hydroxylation is 1. The van der Waals surface area contributed by atoms with Crippen LogP contribution in [0.2, 0.25) is 0 Å². The van der Waals surface area contributed by atoms with Crippen molar-refractivity contribution in [1.82, 2.24) is 9.80 Å². The first-order valence-corrected chi connectivity index (χ1v) is 9.39. The van der Waals surface area contributed by atoms with Crippen molar-refractivity contribution in [3.05, 3.63) is 29.8 Å². The van der Waals surface area contributed by atoms with E-state index in [1.807, 2.05) is 18.2 Å². The Morgan fingerprint density at radius 2 is 1.96 bits per heavy atom. The van der Waals surface area contributed by atoms with Crippen LogP contribution in [-0.2, 0) is 16.0 Å². The minimum absolute atomic E-state index is 0. The second-order valence-electron chi connectivity index (χ2n) is 7.03. The van der Waals surface area contributed by atoms with Crippen LogP contribution in [0.5, 0.6) is 5.75 Å². The van der Waals surface area contributed by atoms with Gasteiger partial charge in [-0.1, -0.05) is 25.1 Å². The molecule has 1 aromatic carbocycles. The predicted octanol–water partition coefficient (Wildman–Crippen LogP) is 2.09. The van der Waals surface area contributed by atoms with Crippen LogP contribution in [0, 0.1) is 5.92 Å². The lowest BCUT2D eigenvalue weighted by Gasteiger charge is -2.27. The highest BCUT2D eigenvalue weighted by Gasteiger charge is 2.29. The highest BCUT2D eigenvalue weighted by atomic mass is 35.5. The number of amides is 2. The van der Waals surface area contributed by atoms with Gasteiger partial charge in [0.15, 0.2) is 0 Å². The molecule has 0 bridgehead atoms. The molecular weight excluding hydrogens is 366 g/mol. The number of rotatable bonds is 6. The molecule has 0 saturated carbocycles. The van der Waals surface area contributed by atoms with Gasteiger partial charge in [-0.2, -0.15) is 0 Å². The largest absolute Gasteiger partial charge is 0.491 e. The lowest BCUT2D eigenvalue weighted by Crippen LogP contribution is -2.43. The number of hydrogen-bond acceptors (Lipinski definition) is 4. The summed E-state index contributed by atoms with van der Waals surface area (Å²) in [5, 5.41) is 0. The Labute approximate surface area is 168 Å². The van der Waals surface area contributed by atoms with Crippen molar-refractivity contribution in [2.24, 2.45) is 11.7 Å². The SMILES string of the molecule is CCc1ccccc1OCCN(C)C(=O)[C@@H]1CC[C@H](N)CN(C(C)=O)C1.Cl. The van der Waals surface area contributed by atoms with Crippen molar-refractivity contribution in [3.8, 4) is 5.75 Å². The number of nitrogens with two attached hydrogens (primary N) is 1. The van der Waals surface area contributed by atoms with Gasteiger partial charge < -0.3 is 20.3 Å². The Balaban J connectivity index is 0.00000364. The van der Waals surface area contributed by atoms with Crippen LogP contribution in [0.15, 0.2) is 24.3 Å². The lowest BCUT2D eigenvalue weighted by atomic mass is 10.0. The third-order valence-electron chi connectivity index (χ3n) is 4.99. The molecule has 7 heteroatoms. The number of carbonyl (C=O) groups excluding carboxylic acids is 2. The Hall–Kier alpha value is -1.79. The number of nitrogens with zero attached hydrogens (tertiary/aromatic N) is 2. The van der Waals surface area contributed by atoms with Crippen LogP contribution < -0.4 is 10.5 Å². The average molecular weight is 398 g/mol.